The van der Waals surface area contributed by atoms with E-state index in [2.05, 4.69) is 27.3 Å². The molecule has 26 heavy (non-hydrogen) atoms. The van der Waals surface area contributed by atoms with Crippen LogP contribution in [0.3, 0.4) is 0 Å². The Hall–Kier alpha value is -1.60. The molecule has 1 aliphatic heterocycles. The normalized spacial score (nSPS) is 16.3. The van der Waals surface area contributed by atoms with Gasteiger partial charge in [-0.25, -0.2) is 0 Å². The van der Waals surface area contributed by atoms with Gasteiger partial charge in [0.15, 0.2) is 0 Å². The maximum atomic E-state index is 10.3. The molecule has 1 aromatic carbocycles. The summed E-state index contributed by atoms with van der Waals surface area (Å²) in [6.07, 6.45) is 3.18. The van der Waals surface area contributed by atoms with Crippen molar-refractivity contribution in [1.29, 1.82) is 0 Å². The first-order valence-corrected chi connectivity index (χ1v) is 10.3. The van der Waals surface area contributed by atoms with Gasteiger partial charge in [0.1, 0.15) is 18.5 Å². The minimum absolute atomic E-state index is 0.323. The number of thioether (sulfide) groups is 1. The van der Waals surface area contributed by atoms with Crippen molar-refractivity contribution in [3.05, 3.63) is 59.9 Å². The van der Waals surface area contributed by atoms with Crippen LogP contribution in [0.2, 0.25) is 0 Å². The number of hydrogen-bond acceptors (Lipinski definition) is 6. The molecule has 1 aromatic heterocycles. The van der Waals surface area contributed by atoms with E-state index in [-0.39, 0.29) is 0 Å². The van der Waals surface area contributed by atoms with Crippen LogP contribution < -0.4 is 10.1 Å². The van der Waals surface area contributed by atoms with Crippen LogP contribution in [0, 0.1) is 0 Å². The first-order valence-electron chi connectivity index (χ1n) is 9.10. The lowest BCUT2D eigenvalue weighted by Gasteiger charge is -2.28. The van der Waals surface area contributed by atoms with E-state index >= 15 is 0 Å². The van der Waals surface area contributed by atoms with Crippen molar-refractivity contribution < 1.29 is 9.84 Å². The Bertz CT molecular complexity index is 651. The lowest BCUT2D eigenvalue weighted by atomic mass is 10.2. The first-order chi connectivity index (χ1) is 12.8. The third-order valence-electron chi connectivity index (χ3n) is 4.34. The fraction of sp³-hybridized carbons (Fsp3) is 0.450. The van der Waals surface area contributed by atoms with Crippen LogP contribution in [0.15, 0.2) is 48.8 Å². The van der Waals surface area contributed by atoms with Crippen LogP contribution in [-0.2, 0) is 13.1 Å². The van der Waals surface area contributed by atoms with E-state index < -0.39 is 6.10 Å². The summed E-state index contributed by atoms with van der Waals surface area (Å²) < 4.78 is 5.91. The number of aromatic nitrogens is 1. The summed E-state index contributed by atoms with van der Waals surface area (Å²) in [7, 11) is 0. The van der Waals surface area contributed by atoms with Crippen molar-refractivity contribution >= 4 is 11.8 Å². The molecule has 0 radical (unpaired) electrons. The summed E-state index contributed by atoms with van der Waals surface area (Å²) in [5.41, 5.74) is 2.25. The fourth-order valence-electron chi connectivity index (χ4n) is 2.96. The number of rotatable bonds is 9. The lowest BCUT2D eigenvalue weighted by molar-refractivity contribution is 0.0711. The molecular formula is C20H27N3O2S. The van der Waals surface area contributed by atoms with Crippen molar-refractivity contribution in [1.82, 2.24) is 15.2 Å². The van der Waals surface area contributed by atoms with E-state index in [9.17, 15) is 5.11 Å². The topological polar surface area (TPSA) is 57.6 Å². The number of nitrogens with zero attached hydrogens (tertiary/aromatic N) is 2. The van der Waals surface area contributed by atoms with Crippen LogP contribution in [0.1, 0.15) is 11.1 Å². The van der Waals surface area contributed by atoms with Crippen molar-refractivity contribution in [2.75, 3.05) is 37.7 Å². The molecule has 3 rings (SSSR count). The zero-order valence-corrected chi connectivity index (χ0v) is 15.8. The Morgan fingerprint density at radius 1 is 1.15 bits per heavy atom. The molecule has 1 saturated heterocycles. The van der Waals surface area contributed by atoms with E-state index in [0.717, 1.165) is 48.0 Å². The number of aliphatic hydroxyl groups excluding tert-OH is 1. The lowest BCUT2D eigenvalue weighted by Crippen LogP contribution is -2.40. The zero-order valence-electron chi connectivity index (χ0n) is 15.0. The van der Waals surface area contributed by atoms with Crippen molar-refractivity contribution in [3.8, 4) is 5.75 Å². The van der Waals surface area contributed by atoms with E-state index in [1.165, 1.54) is 0 Å². The average Bonchev–Trinajstić information content (AvgIpc) is 2.69. The number of ether oxygens (including phenoxy) is 1. The molecule has 140 valence electrons. The average molecular weight is 374 g/mol. The van der Waals surface area contributed by atoms with Crippen LogP contribution >= 0.6 is 11.8 Å². The standard InChI is InChI=1S/C20H27N3O2S/c24-19(15-23-8-10-26-11-9-23)16-25-20-6-2-1-5-18(20)14-22-13-17-4-3-7-21-12-17/h1-7,12,19,22,24H,8-11,13-16H2/t19-/m1/s1. The highest BCUT2D eigenvalue weighted by atomic mass is 32.2. The number of para-hydroxylation sites is 1. The summed E-state index contributed by atoms with van der Waals surface area (Å²) in [6, 6.07) is 12.0. The van der Waals surface area contributed by atoms with Gasteiger partial charge in [0, 0.05) is 62.2 Å². The number of benzene rings is 1. The molecule has 1 atom stereocenters. The van der Waals surface area contributed by atoms with Gasteiger partial charge in [-0.2, -0.15) is 11.8 Å². The van der Waals surface area contributed by atoms with Crippen molar-refractivity contribution in [2.24, 2.45) is 0 Å². The smallest absolute Gasteiger partial charge is 0.123 e. The third kappa shape index (κ3) is 6.29. The number of nitrogens with one attached hydrogen (secondary N) is 1. The van der Waals surface area contributed by atoms with Gasteiger partial charge in [0.2, 0.25) is 0 Å². The molecule has 0 amide bonds. The summed E-state index contributed by atoms with van der Waals surface area (Å²) in [5.74, 6) is 3.14. The molecule has 0 bridgehead atoms. The van der Waals surface area contributed by atoms with E-state index in [4.69, 9.17) is 4.74 Å². The van der Waals surface area contributed by atoms with Crippen LogP contribution in [0.4, 0.5) is 0 Å². The van der Waals surface area contributed by atoms with Gasteiger partial charge < -0.3 is 15.2 Å². The second kappa shape index (κ2) is 10.5. The highest BCUT2D eigenvalue weighted by Crippen LogP contribution is 2.18. The maximum Gasteiger partial charge on any atom is 0.123 e. The quantitative estimate of drug-likeness (QED) is 0.703. The molecule has 1 aliphatic rings. The second-order valence-corrected chi connectivity index (χ2v) is 7.68. The van der Waals surface area contributed by atoms with Gasteiger partial charge in [0.05, 0.1) is 0 Å². The summed E-state index contributed by atoms with van der Waals surface area (Å²) in [4.78, 5) is 6.44. The first kappa shape index (κ1) is 19.2. The third-order valence-corrected chi connectivity index (χ3v) is 5.29. The molecular weight excluding hydrogens is 346 g/mol. The predicted octanol–water partition coefficient (Wildman–Crippen LogP) is 2.16. The SMILES string of the molecule is O[C@@H](COc1ccccc1CNCc1cccnc1)CN1CCSCC1. The molecule has 0 aliphatic carbocycles. The maximum absolute atomic E-state index is 10.3. The van der Waals surface area contributed by atoms with Gasteiger partial charge >= 0.3 is 0 Å². The number of aliphatic hydroxyl groups is 1. The Morgan fingerprint density at radius 2 is 2.00 bits per heavy atom. The largest absolute Gasteiger partial charge is 0.491 e. The van der Waals surface area contributed by atoms with Crippen LogP contribution in [-0.4, -0.2) is 58.8 Å². The fourth-order valence-corrected chi connectivity index (χ4v) is 3.93. The van der Waals surface area contributed by atoms with Crippen molar-refractivity contribution in [3.63, 3.8) is 0 Å². The Kier molecular flexibility index (Phi) is 7.76. The summed E-state index contributed by atoms with van der Waals surface area (Å²) in [6.45, 7) is 4.58. The Morgan fingerprint density at radius 3 is 2.81 bits per heavy atom. The van der Waals surface area contributed by atoms with Gasteiger partial charge in [-0.1, -0.05) is 24.3 Å². The van der Waals surface area contributed by atoms with E-state index in [0.29, 0.717) is 19.7 Å². The molecule has 6 heteroatoms. The molecule has 2 aromatic rings. The Labute approximate surface area is 159 Å². The Balaban J connectivity index is 1.45. The molecule has 5 nitrogen and oxygen atoms in total. The minimum Gasteiger partial charge on any atom is -0.491 e. The zero-order chi connectivity index (χ0) is 18.0. The molecule has 2 N–H and O–H groups in total. The number of hydrogen-bond donors (Lipinski definition) is 2. The van der Waals surface area contributed by atoms with Gasteiger partial charge in [0.25, 0.3) is 0 Å². The molecule has 0 saturated carbocycles. The minimum atomic E-state index is -0.463. The molecule has 1 fully saturated rings. The number of pyridine rings is 1. The molecule has 0 spiro atoms. The van der Waals surface area contributed by atoms with E-state index in [1.807, 2.05) is 42.2 Å². The molecule has 2 heterocycles. The van der Waals surface area contributed by atoms with Gasteiger partial charge in [-0.15, -0.1) is 0 Å². The van der Waals surface area contributed by atoms with Crippen LogP contribution in [0.25, 0.3) is 0 Å². The highest BCUT2D eigenvalue weighted by molar-refractivity contribution is 7.99. The van der Waals surface area contributed by atoms with Gasteiger partial charge in [-0.05, 0) is 17.7 Å². The predicted molar refractivity (Wildman–Crippen MR) is 106 cm³/mol. The van der Waals surface area contributed by atoms with E-state index in [1.54, 1.807) is 6.20 Å². The van der Waals surface area contributed by atoms with Crippen LogP contribution in [0.5, 0.6) is 5.75 Å². The number of β-amino-alcohol motifs (C(OH)–C–C–N with tert-alkyl or cyclic N) is 1. The van der Waals surface area contributed by atoms with Crippen molar-refractivity contribution in [2.45, 2.75) is 19.2 Å². The monoisotopic (exact) mass is 373 g/mol. The second-order valence-electron chi connectivity index (χ2n) is 6.45. The highest BCUT2D eigenvalue weighted by Gasteiger charge is 2.15. The summed E-state index contributed by atoms with van der Waals surface area (Å²) >= 11 is 1.98. The summed E-state index contributed by atoms with van der Waals surface area (Å²) in [5, 5.41) is 13.7. The van der Waals surface area contributed by atoms with Gasteiger partial charge in [-0.3, -0.25) is 9.88 Å². The molecule has 0 unspecified atom stereocenters.